The number of aryl methyl sites for hydroxylation is 1. The number of methoxy groups -OCH3 is 1. The lowest BCUT2D eigenvalue weighted by Gasteiger charge is -2.33. The molecule has 3 heteroatoms. The van der Waals surface area contributed by atoms with Crippen LogP contribution in [0, 0.1) is 6.92 Å². The molecule has 0 saturated heterocycles. The minimum Gasteiger partial charge on any atom is -0.376 e. The van der Waals surface area contributed by atoms with E-state index in [2.05, 4.69) is 18.4 Å². The first-order chi connectivity index (χ1) is 7.18. The van der Waals surface area contributed by atoms with Gasteiger partial charge in [0.15, 0.2) is 0 Å². The van der Waals surface area contributed by atoms with E-state index in [1.807, 2.05) is 0 Å². The Balaban J connectivity index is 2.21. The molecule has 1 atom stereocenters. The van der Waals surface area contributed by atoms with Crippen molar-refractivity contribution in [2.75, 3.05) is 7.11 Å². The smallest absolute Gasteiger partial charge is 0.0870 e. The molecule has 0 radical (unpaired) electrons. The quantitative estimate of drug-likeness (QED) is 0.858. The fraction of sp³-hybridized carbons (Fsp3) is 0.667. The van der Waals surface area contributed by atoms with E-state index < -0.39 is 0 Å². The molecule has 84 valence electrons. The van der Waals surface area contributed by atoms with Crippen molar-refractivity contribution < 1.29 is 4.74 Å². The maximum Gasteiger partial charge on any atom is 0.0870 e. The highest BCUT2D eigenvalue weighted by molar-refractivity contribution is 7.10. The molecule has 0 aliphatic heterocycles. The first-order valence-corrected chi connectivity index (χ1v) is 6.42. The number of thiophene rings is 1. The number of hydrogen-bond acceptors (Lipinski definition) is 3. The average Bonchev–Trinajstić information content (AvgIpc) is 2.86. The number of nitrogens with two attached hydrogens (primary N) is 1. The zero-order valence-electron chi connectivity index (χ0n) is 9.45. The van der Waals surface area contributed by atoms with E-state index in [0.717, 1.165) is 12.8 Å². The Bertz CT molecular complexity index is 328. The highest BCUT2D eigenvalue weighted by atomic mass is 32.1. The first kappa shape index (κ1) is 11.1. The molecule has 1 saturated carbocycles. The van der Waals surface area contributed by atoms with Crippen molar-refractivity contribution in [1.82, 2.24) is 0 Å². The highest BCUT2D eigenvalue weighted by Crippen LogP contribution is 2.41. The van der Waals surface area contributed by atoms with Crippen molar-refractivity contribution in [3.8, 4) is 0 Å². The van der Waals surface area contributed by atoms with Crippen LogP contribution in [-0.2, 0) is 4.74 Å². The van der Waals surface area contributed by atoms with Gasteiger partial charge in [-0.05, 0) is 36.8 Å². The van der Waals surface area contributed by atoms with Crippen LogP contribution >= 0.6 is 11.3 Å². The molecule has 1 aromatic rings. The van der Waals surface area contributed by atoms with Crippen LogP contribution < -0.4 is 5.73 Å². The van der Waals surface area contributed by atoms with Crippen LogP contribution in [0.25, 0.3) is 0 Å². The van der Waals surface area contributed by atoms with Crippen molar-refractivity contribution in [3.05, 3.63) is 21.9 Å². The number of rotatable bonds is 3. The molecule has 1 unspecified atom stereocenters. The van der Waals surface area contributed by atoms with Gasteiger partial charge in [0.1, 0.15) is 0 Å². The van der Waals surface area contributed by atoms with E-state index in [9.17, 15) is 0 Å². The van der Waals surface area contributed by atoms with Crippen molar-refractivity contribution in [1.29, 1.82) is 0 Å². The van der Waals surface area contributed by atoms with Crippen molar-refractivity contribution in [2.45, 2.75) is 44.2 Å². The van der Waals surface area contributed by atoms with Gasteiger partial charge in [0.2, 0.25) is 0 Å². The van der Waals surface area contributed by atoms with E-state index in [-0.39, 0.29) is 11.6 Å². The molecule has 1 aromatic heterocycles. The summed E-state index contributed by atoms with van der Waals surface area (Å²) in [4.78, 5) is 1.32. The molecule has 2 nitrogen and oxygen atoms in total. The predicted molar refractivity (Wildman–Crippen MR) is 64.2 cm³/mol. The van der Waals surface area contributed by atoms with Crippen LogP contribution in [-0.4, -0.2) is 12.7 Å². The van der Waals surface area contributed by atoms with Gasteiger partial charge in [-0.25, -0.2) is 0 Å². The Morgan fingerprint density at radius 1 is 1.47 bits per heavy atom. The van der Waals surface area contributed by atoms with Gasteiger partial charge in [-0.3, -0.25) is 0 Å². The second kappa shape index (κ2) is 4.24. The average molecular weight is 225 g/mol. The highest BCUT2D eigenvalue weighted by Gasteiger charge is 2.40. The second-order valence-electron chi connectivity index (χ2n) is 4.44. The molecule has 0 aromatic carbocycles. The molecule has 2 N–H and O–H groups in total. The normalized spacial score (nSPS) is 21.8. The van der Waals surface area contributed by atoms with Crippen LogP contribution in [0.3, 0.4) is 0 Å². The van der Waals surface area contributed by atoms with Crippen LogP contribution in [0.4, 0.5) is 0 Å². The summed E-state index contributed by atoms with van der Waals surface area (Å²) in [6.07, 6.45) is 4.68. The fourth-order valence-electron chi connectivity index (χ4n) is 2.55. The lowest BCUT2D eigenvalue weighted by molar-refractivity contribution is -0.0263. The summed E-state index contributed by atoms with van der Waals surface area (Å²) in [5.41, 5.74) is 7.47. The van der Waals surface area contributed by atoms with Gasteiger partial charge in [0.25, 0.3) is 0 Å². The van der Waals surface area contributed by atoms with Gasteiger partial charge in [-0.2, -0.15) is 0 Å². The Labute approximate surface area is 95.4 Å². The molecule has 0 spiro atoms. The lowest BCUT2D eigenvalue weighted by atomic mass is 9.88. The summed E-state index contributed by atoms with van der Waals surface area (Å²) < 4.78 is 5.70. The van der Waals surface area contributed by atoms with Crippen molar-refractivity contribution in [2.24, 2.45) is 5.73 Å². The molecule has 0 bridgehead atoms. The van der Waals surface area contributed by atoms with E-state index in [1.165, 1.54) is 23.3 Å². The Kier molecular flexibility index (Phi) is 3.14. The summed E-state index contributed by atoms with van der Waals surface area (Å²) in [5, 5.41) is 2.17. The largest absolute Gasteiger partial charge is 0.376 e. The third-order valence-electron chi connectivity index (χ3n) is 3.53. The molecular formula is C12H19NOS. The van der Waals surface area contributed by atoms with Crippen LogP contribution in [0.15, 0.2) is 11.4 Å². The summed E-state index contributed by atoms with van der Waals surface area (Å²) in [6.45, 7) is 2.12. The Morgan fingerprint density at radius 2 is 2.13 bits per heavy atom. The van der Waals surface area contributed by atoms with Gasteiger partial charge in [-0.1, -0.05) is 12.8 Å². The summed E-state index contributed by atoms with van der Waals surface area (Å²) in [7, 11) is 1.80. The summed E-state index contributed by atoms with van der Waals surface area (Å²) >= 11 is 1.77. The standard InChI is InChI=1S/C12H19NOS/c1-9-7-10(8-15-9)11(13)12(14-2)5-3-4-6-12/h7-8,11H,3-6,13H2,1-2H3. The third-order valence-corrected chi connectivity index (χ3v) is 4.41. The minimum absolute atomic E-state index is 0.0370. The molecule has 1 aliphatic rings. The first-order valence-electron chi connectivity index (χ1n) is 5.54. The minimum atomic E-state index is -0.104. The Morgan fingerprint density at radius 3 is 2.60 bits per heavy atom. The number of hydrogen-bond donors (Lipinski definition) is 1. The van der Waals surface area contributed by atoms with Crippen molar-refractivity contribution >= 4 is 11.3 Å². The molecule has 15 heavy (non-hydrogen) atoms. The molecular weight excluding hydrogens is 206 g/mol. The van der Waals surface area contributed by atoms with Gasteiger partial charge in [0, 0.05) is 12.0 Å². The SMILES string of the molecule is COC1(C(N)c2csc(C)c2)CCCC1. The monoisotopic (exact) mass is 225 g/mol. The van der Waals surface area contributed by atoms with E-state index in [1.54, 1.807) is 18.4 Å². The Hall–Kier alpha value is -0.380. The van der Waals surface area contributed by atoms with Gasteiger partial charge < -0.3 is 10.5 Å². The molecule has 2 rings (SSSR count). The van der Waals surface area contributed by atoms with E-state index in [0.29, 0.717) is 0 Å². The van der Waals surface area contributed by atoms with Gasteiger partial charge in [-0.15, -0.1) is 11.3 Å². The topological polar surface area (TPSA) is 35.2 Å². The zero-order chi connectivity index (χ0) is 10.9. The fourth-order valence-corrected chi connectivity index (χ4v) is 3.29. The van der Waals surface area contributed by atoms with Crippen LogP contribution in [0.5, 0.6) is 0 Å². The van der Waals surface area contributed by atoms with Crippen molar-refractivity contribution in [3.63, 3.8) is 0 Å². The molecule has 1 aliphatic carbocycles. The van der Waals surface area contributed by atoms with E-state index >= 15 is 0 Å². The second-order valence-corrected chi connectivity index (χ2v) is 5.56. The lowest BCUT2D eigenvalue weighted by Crippen LogP contribution is -2.40. The maximum absolute atomic E-state index is 6.34. The number of ether oxygens (including phenoxy) is 1. The predicted octanol–water partition coefficient (Wildman–Crippen LogP) is 3.02. The summed E-state index contributed by atoms with van der Waals surface area (Å²) in [5.74, 6) is 0. The van der Waals surface area contributed by atoms with E-state index in [4.69, 9.17) is 10.5 Å². The van der Waals surface area contributed by atoms with Gasteiger partial charge in [0.05, 0.1) is 11.6 Å². The van der Waals surface area contributed by atoms with Gasteiger partial charge >= 0.3 is 0 Å². The van der Waals surface area contributed by atoms with Crippen LogP contribution in [0.1, 0.15) is 42.2 Å². The van der Waals surface area contributed by atoms with Crippen LogP contribution in [0.2, 0.25) is 0 Å². The zero-order valence-corrected chi connectivity index (χ0v) is 10.3. The third kappa shape index (κ3) is 1.96. The summed E-state index contributed by atoms with van der Waals surface area (Å²) in [6, 6.07) is 2.23. The molecule has 1 heterocycles. The maximum atomic E-state index is 6.34. The molecule has 0 amide bonds. The molecule has 1 fully saturated rings.